The SMILES string of the molecule is Nc1nnc(NCc2cccc(C(F)(F)F)c2)s1. The number of halogens is 3. The molecule has 1 aromatic heterocycles. The normalized spacial score (nSPS) is 11.5. The maximum Gasteiger partial charge on any atom is 0.416 e. The molecule has 0 amide bonds. The van der Waals surface area contributed by atoms with Crippen LogP contribution in [0.5, 0.6) is 0 Å². The highest BCUT2D eigenvalue weighted by molar-refractivity contribution is 7.18. The lowest BCUT2D eigenvalue weighted by atomic mass is 10.1. The number of hydrogen-bond donors (Lipinski definition) is 2. The fraction of sp³-hybridized carbons (Fsp3) is 0.200. The lowest BCUT2D eigenvalue weighted by molar-refractivity contribution is -0.137. The summed E-state index contributed by atoms with van der Waals surface area (Å²) in [5.74, 6) is 0. The van der Waals surface area contributed by atoms with Crippen molar-refractivity contribution in [3.8, 4) is 0 Å². The van der Waals surface area contributed by atoms with Crippen LogP contribution in [0.1, 0.15) is 11.1 Å². The van der Waals surface area contributed by atoms with Crippen LogP contribution in [0.4, 0.5) is 23.4 Å². The van der Waals surface area contributed by atoms with Gasteiger partial charge in [0.25, 0.3) is 0 Å². The van der Waals surface area contributed by atoms with Gasteiger partial charge in [0, 0.05) is 6.54 Å². The number of nitrogen functional groups attached to an aromatic ring is 1. The molecule has 96 valence electrons. The quantitative estimate of drug-likeness (QED) is 0.903. The van der Waals surface area contributed by atoms with Crippen LogP contribution in [0.3, 0.4) is 0 Å². The van der Waals surface area contributed by atoms with E-state index in [0.29, 0.717) is 15.8 Å². The van der Waals surface area contributed by atoms with Crippen LogP contribution in [0, 0.1) is 0 Å². The van der Waals surface area contributed by atoms with Gasteiger partial charge in [0.15, 0.2) is 0 Å². The predicted octanol–water partition coefficient (Wildman–Crippen LogP) is 2.75. The summed E-state index contributed by atoms with van der Waals surface area (Å²) in [7, 11) is 0. The molecule has 18 heavy (non-hydrogen) atoms. The summed E-state index contributed by atoms with van der Waals surface area (Å²) in [6.07, 6.45) is -4.33. The van der Waals surface area contributed by atoms with Gasteiger partial charge in [0.05, 0.1) is 5.56 Å². The second kappa shape index (κ2) is 4.81. The third kappa shape index (κ3) is 3.10. The molecule has 0 atom stereocenters. The summed E-state index contributed by atoms with van der Waals surface area (Å²) in [6.45, 7) is 0.235. The minimum atomic E-state index is -4.33. The molecule has 0 unspecified atom stereocenters. The predicted molar refractivity (Wildman–Crippen MR) is 63.1 cm³/mol. The van der Waals surface area contributed by atoms with Crippen molar-refractivity contribution in [1.29, 1.82) is 0 Å². The van der Waals surface area contributed by atoms with E-state index in [9.17, 15) is 13.2 Å². The van der Waals surface area contributed by atoms with E-state index in [1.165, 1.54) is 6.07 Å². The molecule has 2 aromatic rings. The van der Waals surface area contributed by atoms with Crippen molar-refractivity contribution in [2.45, 2.75) is 12.7 Å². The summed E-state index contributed by atoms with van der Waals surface area (Å²) in [5.41, 5.74) is 5.23. The molecule has 0 radical (unpaired) electrons. The topological polar surface area (TPSA) is 63.8 Å². The van der Waals surface area contributed by atoms with Crippen molar-refractivity contribution < 1.29 is 13.2 Å². The van der Waals surface area contributed by atoms with Crippen molar-refractivity contribution in [1.82, 2.24) is 10.2 Å². The van der Waals surface area contributed by atoms with E-state index in [1.807, 2.05) is 0 Å². The lowest BCUT2D eigenvalue weighted by Crippen LogP contribution is -2.06. The molecular weight excluding hydrogens is 265 g/mol. The van der Waals surface area contributed by atoms with Crippen LogP contribution >= 0.6 is 11.3 Å². The fourth-order valence-electron chi connectivity index (χ4n) is 1.34. The van der Waals surface area contributed by atoms with Crippen LogP contribution in [0.25, 0.3) is 0 Å². The maximum atomic E-state index is 12.5. The highest BCUT2D eigenvalue weighted by Gasteiger charge is 2.30. The van der Waals surface area contributed by atoms with Crippen molar-refractivity contribution in [3.63, 3.8) is 0 Å². The zero-order valence-corrected chi connectivity index (χ0v) is 9.85. The lowest BCUT2D eigenvalue weighted by Gasteiger charge is -2.08. The van der Waals surface area contributed by atoms with Gasteiger partial charge in [-0.05, 0) is 17.7 Å². The van der Waals surface area contributed by atoms with Crippen molar-refractivity contribution in [2.24, 2.45) is 0 Å². The number of nitrogens with one attached hydrogen (secondary N) is 1. The molecule has 3 N–H and O–H groups in total. The van der Waals surface area contributed by atoms with Gasteiger partial charge in [-0.3, -0.25) is 0 Å². The molecule has 0 bridgehead atoms. The van der Waals surface area contributed by atoms with Crippen LogP contribution in [0.15, 0.2) is 24.3 Å². The molecule has 0 saturated heterocycles. The summed E-state index contributed by atoms with van der Waals surface area (Å²) >= 11 is 1.14. The molecule has 0 aliphatic rings. The largest absolute Gasteiger partial charge is 0.416 e. The zero-order chi connectivity index (χ0) is 13.2. The van der Waals surface area contributed by atoms with Gasteiger partial charge in [0.2, 0.25) is 10.3 Å². The fourth-order valence-corrected chi connectivity index (χ4v) is 1.85. The Kier molecular flexibility index (Phi) is 3.37. The number of benzene rings is 1. The number of nitrogens with two attached hydrogens (primary N) is 1. The van der Waals surface area contributed by atoms with E-state index in [2.05, 4.69) is 15.5 Å². The Morgan fingerprint density at radius 3 is 2.67 bits per heavy atom. The van der Waals surface area contributed by atoms with E-state index in [-0.39, 0.29) is 6.54 Å². The summed E-state index contributed by atoms with van der Waals surface area (Å²) in [6, 6.07) is 5.10. The minimum absolute atomic E-state index is 0.235. The van der Waals surface area contributed by atoms with Gasteiger partial charge in [-0.1, -0.05) is 23.5 Å². The second-order valence-electron chi connectivity index (χ2n) is 3.50. The Hall–Kier alpha value is -1.83. The molecule has 0 spiro atoms. The van der Waals surface area contributed by atoms with Crippen LogP contribution in [-0.4, -0.2) is 10.2 Å². The highest BCUT2D eigenvalue weighted by atomic mass is 32.1. The first-order valence-corrected chi connectivity index (χ1v) is 5.76. The molecule has 0 fully saturated rings. The Morgan fingerprint density at radius 2 is 2.06 bits per heavy atom. The van der Waals surface area contributed by atoms with Crippen molar-refractivity contribution in [3.05, 3.63) is 35.4 Å². The van der Waals surface area contributed by atoms with E-state index in [0.717, 1.165) is 23.5 Å². The summed E-state index contributed by atoms with van der Waals surface area (Å²) in [4.78, 5) is 0. The Labute approximate surface area is 105 Å². The first kappa shape index (κ1) is 12.6. The smallest absolute Gasteiger partial charge is 0.374 e. The Bertz CT molecular complexity index is 538. The monoisotopic (exact) mass is 274 g/mol. The van der Waals surface area contributed by atoms with Gasteiger partial charge in [-0.25, -0.2) is 0 Å². The number of anilines is 2. The maximum absolute atomic E-state index is 12.5. The molecule has 8 heteroatoms. The second-order valence-corrected chi connectivity index (χ2v) is 4.51. The molecule has 0 aliphatic carbocycles. The number of alkyl halides is 3. The third-order valence-electron chi connectivity index (χ3n) is 2.14. The molecule has 2 rings (SSSR count). The van der Waals surface area contributed by atoms with Crippen molar-refractivity contribution >= 4 is 21.6 Å². The van der Waals surface area contributed by atoms with Crippen LogP contribution in [0.2, 0.25) is 0 Å². The minimum Gasteiger partial charge on any atom is -0.374 e. The average Bonchev–Trinajstić information content (AvgIpc) is 2.72. The van der Waals surface area contributed by atoms with Crippen molar-refractivity contribution in [2.75, 3.05) is 11.1 Å². The van der Waals surface area contributed by atoms with E-state index >= 15 is 0 Å². The molecule has 0 saturated carbocycles. The van der Waals surface area contributed by atoms with Gasteiger partial charge in [0.1, 0.15) is 0 Å². The van der Waals surface area contributed by atoms with Gasteiger partial charge in [-0.15, -0.1) is 10.2 Å². The molecule has 4 nitrogen and oxygen atoms in total. The molecular formula is C10H9F3N4S. The van der Waals surface area contributed by atoms with E-state index in [1.54, 1.807) is 6.07 Å². The molecule has 1 heterocycles. The third-order valence-corrected chi connectivity index (χ3v) is 2.85. The summed E-state index contributed by atoms with van der Waals surface area (Å²) in [5, 5.41) is 10.9. The first-order chi connectivity index (χ1) is 8.45. The van der Waals surface area contributed by atoms with Crippen LogP contribution in [-0.2, 0) is 12.7 Å². The summed E-state index contributed by atoms with van der Waals surface area (Å²) < 4.78 is 37.4. The highest BCUT2D eigenvalue weighted by Crippen LogP contribution is 2.29. The van der Waals surface area contributed by atoms with E-state index < -0.39 is 11.7 Å². The number of rotatable bonds is 3. The first-order valence-electron chi connectivity index (χ1n) is 4.94. The van der Waals surface area contributed by atoms with E-state index in [4.69, 9.17) is 5.73 Å². The average molecular weight is 274 g/mol. The number of nitrogens with zero attached hydrogens (tertiary/aromatic N) is 2. The molecule has 1 aromatic carbocycles. The van der Waals surface area contributed by atoms with Gasteiger partial charge < -0.3 is 11.1 Å². The van der Waals surface area contributed by atoms with Gasteiger partial charge >= 0.3 is 6.18 Å². The van der Waals surface area contributed by atoms with Crippen LogP contribution < -0.4 is 11.1 Å². The Morgan fingerprint density at radius 1 is 1.28 bits per heavy atom. The number of aromatic nitrogens is 2. The molecule has 0 aliphatic heterocycles. The standard InChI is InChI=1S/C10H9F3N4S/c11-10(12,13)7-3-1-2-6(4-7)5-15-9-17-16-8(14)18-9/h1-4H,5H2,(H2,14,16)(H,15,17). The zero-order valence-electron chi connectivity index (χ0n) is 9.03. The Balaban J connectivity index is 2.06. The number of hydrogen-bond acceptors (Lipinski definition) is 5. The van der Waals surface area contributed by atoms with Gasteiger partial charge in [-0.2, -0.15) is 13.2 Å².